The number of nitrogens with zero attached hydrogens (tertiary/aromatic N) is 6. The van der Waals surface area contributed by atoms with Crippen molar-refractivity contribution in [2.45, 2.75) is 19.9 Å². The van der Waals surface area contributed by atoms with E-state index in [1.54, 1.807) is 15.4 Å². The van der Waals surface area contributed by atoms with Gasteiger partial charge in [0.05, 0.1) is 17.6 Å². The monoisotopic (exact) mass is 476 g/mol. The molecule has 5 rings (SSSR count). The molecule has 0 unspecified atom stereocenters. The highest BCUT2D eigenvalue weighted by atomic mass is 16.1. The average molecular weight is 477 g/mol. The van der Waals surface area contributed by atoms with Gasteiger partial charge in [0.15, 0.2) is 0 Å². The van der Waals surface area contributed by atoms with E-state index in [2.05, 4.69) is 26.5 Å². The minimum atomic E-state index is -0.397. The fraction of sp³-hybridized carbons (Fsp3) is 0.148. The zero-order valence-electron chi connectivity index (χ0n) is 20.1. The summed E-state index contributed by atoms with van der Waals surface area (Å²) >= 11 is 0. The molecule has 9 nitrogen and oxygen atoms in total. The minimum Gasteiger partial charge on any atom is -0.382 e. The number of nitrogen functional groups attached to an aromatic ring is 1. The van der Waals surface area contributed by atoms with Crippen molar-refractivity contribution in [3.8, 4) is 22.9 Å². The van der Waals surface area contributed by atoms with Crippen molar-refractivity contribution in [1.82, 2.24) is 24.3 Å². The maximum atomic E-state index is 14.2. The van der Waals surface area contributed by atoms with E-state index in [0.717, 1.165) is 27.8 Å². The lowest BCUT2D eigenvalue weighted by atomic mass is 9.97. The summed E-state index contributed by atoms with van der Waals surface area (Å²) in [5.74, 6) is 0.405. The number of fused-ring (bicyclic) bond motifs is 1. The Hall–Kier alpha value is -4.97. The van der Waals surface area contributed by atoms with Crippen LogP contribution in [0, 0.1) is 18.3 Å². The number of para-hydroxylation sites is 1. The van der Waals surface area contributed by atoms with E-state index in [0.29, 0.717) is 16.9 Å². The molecular weight excluding hydrogens is 452 g/mol. The molecule has 3 heterocycles. The molecule has 3 aromatic heterocycles. The number of aryl methyl sites for hydroxylation is 2. The van der Waals surface area contributed by atoms with Gasteiger partial charge in [-0.1, -0.05) is 30.3 Å². The number of rotatable bonds is 5. The van der Waals surface area contributed by atoms with E-state index in [-0.39, 0.29) is 16.9 Å². The second-order valence-electron chi connectivity index (χ2n) is 8.69. The molecule has 2 aromatic carbocycles. The van der Waals surface area contributed by atoms with E-state index in [1.807, 2.05) is 75.6 Å². The Morgan fingerprint density at radius 2 is 1.92 bits per heavy atom. The third-order valence-corrected chi connectivity index (χ3v) is 6.11. The second-order valence-corrected chi connectivity index (χ2v) is 8.69. The first kappa shape index (κ1) is 22.8. The largest absolute Gasteiger partial charge is 0.382 e. The van der Waals surface area contributed by atoms with Gasteiger partial charge >= 0.3 is 0 Å². The third kappa shape index (κ3) is 3.95. The summed E-state index contributed by atoms with van der Waals surface area (Å²) in [5, 5.41) is 18.5. The van der Waals surface area contributed by atoms with Crippen LogP contribution in [-0.2, 0) is 7.05 Å². The lowest BCUT2D eigenvalue weighted by molar-refractivity contribution is 0.768. The van der Waals surface area contributed by atoms with Gasteiger partial charge in [0, 0.05) is 30.2 Å². The molecule has 0 saturated heterocycles. The Bertz CT molecular complexity index is 1700. The van der Waals surface area contributed by atoms with Crippen LogP contribution in [0.5, 0.6) is 0 Å². The van der Waals surface area contributed by atoms with Gasteiger partial charge in [-0.15, -0.1) is 0 Å². The first-order valence-electron chi connectivity index (χ1n) is 11.4. The Labute approximate surface area is 207 Å². The summed E-state index contributed by atoms with van der Waals surface area (Å²) in [6.45, 7) is 3.92. The van der Waals surface area contributed by atoms with Crippen LogP contribution >= 0.6 is 0 Å². The molecule has 0 amide bonds. The summed E-state index contributed by atoms with van der Waals surface area (Å²) in [6, 6.07) is 17.2. The molecule has 0 spiro atoms. The van der Waals surface area contributed by atoms with Crippen LogP contribution in [0.4, 0.5) is 11.6 Å². The van der Waals surface area contributed by atoms with Crippen LogP contribution in [0.25, 0.3) is 27.6 Å². The number of anilines is 2. The number of aromatic nitrogens is 5. The molecule has 0 fully saturated rings. The summed E-state index contributed by atoms with van der Waals surface area (Å²) < 4.78 is 3.42. The van der Waals surface area contributed by atoms with Crippen molar-refractivity contribution in [1.29, 1.82) is 5.26 Å². The van der Waals surface area contributed by atoms with Crippen molar-refractivity contribution < 1.29 is 0 Å². The van der Waals surface area contributed by atoms with Gasteiger partial charge in [0.1, 0.15) is 29.6 Å². The maximum absolute atomic E-state index is 14.2. The molecule has 5 aromatic rings. The van der Waals surface area contributed by atoms with Gasteiger partial charge in [-0.25, -0.2) is 9.97 Å². The van der Waals surface area contributed by atoms with Gasteiger partial charge in [0.2, 0.25) is 0 Å². The smallest absolute Gasteiger partial charge is 0.263 e. The zero-order chi connectivity index (χ0) is 25.4. The van der Waals surface area contributed by atoms with Gasteiger partial charge in [-0.3, -0.25) is 14.0 Å². The van der Waals surface area contributed by atoms with E-state index < -0.39 is 6.04 Å². The maximum Gasteiger partial charge on any atom is 0.263 e. The Morgan fingerprint density at radius 1 is 1.14 bits per heavy atom. The van der Waals surface area contributed by atoms with E-state index in [1.165, 1.54) is 6.33 Å². The molecular formula is C27H24N8O. The van der Waals surface area contributed by atoms with Crippen molar-refractivity contribution in [3.63, 3.8) is 0 Å². The van der Waals surface area contributed by atoms with Crippen molar-refractivity contribution >= 4 is 22.4 Å². The molecule has 1 atom stereocenters. The first-order chi connectivity index (χ1) is 17.4. The molecule has 178 valence electrons. The zero-order valence-corrected chi connectivity index (χ0v) is 20.1. The normalized spacial score (nSPS) is 11.8. The van der Waals surface area contributed by atoms with Crippen molar-refractivity contribution in [3.05, 3.63) is 94.4 Å². The number of nitrogens with two attached hydrogens (primary N) is 1. The quantitative estimate of drug-likeness (QED) is 0.391. The van der Waals surface area contributed by atoms with Gasteiger partial charge in [0.25, 0.3) is 5.56 Å². The Morgan fingerprint density at radius 3 is 2.61 bits per heavy atom. The van der Waals surface area contributed by atoms with Crippen LogP contribution in [-0.4, -0.2) is 24.3 Å². The summed E-state index contributed by atoms with van der Waals surface area (Å²) in [5.41, 5.74) is 10.1. The molecule has 0 aliphatic heterocycles. The lowest BCUT2D eigenvalue weighted by Crippen LogP contribution is -2.26. The van der Waals surface area contributed by atoms with Gasteiger partial charge in [-0.2, -0.15) is 10.4 Å². The van der Waals surface area contributed by atoms with Crippen molar-refractivity contribution in [2.24, 2.45) is 7.05 Å². The van der Waals surface area contributed by atoms with Crippen LogP contribution in [0.3, 0.4) is 0 Å². The average Bonchev–Trinajstić information content (AvgIpc) is 3.30. The van der Waals surface area contributed by atoms with Crippen molar-refractivity contribution in [2.75, 3.05) is 11.1 Å². The Balaban J connectivity index is 1.77. The molecule has 0 aliphatic carbocycles. The SMILES string of the molecule is Cc1cc(-c2cnn(C)c2)c2c(=O)n(-c3ccccc3)c([C@H](C)Nc3ncnc(N)c3C#N)cc2c1. The summed E-state index contributed by atoms with van der Waals surface area (Å²) in [6.07, 6.45) is 4.97. The van der Waals surface area contributed by atoms with Crippen LogP contribution in [0.1, 0.15) is 29.8 Å². The molecule has 0 aliphatic rings. The fourth-order valence-electron chi connectivity index (χ4n) is 4.47. The van der Waals surface area contributed by atoms with Crippen LogP contribution in [0.15, 0.2) is 72.0 Å². The number of hydrogen-bond acceptors (Lipinski definition) is 7. The molecule has 36 heavy (non-hydrogen) atoms. The van der Waals surface area contributed by atoms with E-state index in [9.17, 15) is 10.1 Å². The molecule has 0 bridgehead atoms. The number of hydrogen-bond donors (Lipinski definition) is 2. The predicted octanol–water partition coefficient (Wildman–Crippen LogP) is 4.12. The standard InChI is InChI=1S/C27H24N8O/c1-16-9-18-11-23(17(2)33-26-22(12-28)25(29)30-15-31-26)35(20-7-5-4-6-8-20)27(36)24(18)21(10-16)19-13-32-34(3)14-19/h4-11,13-15,17H,1-3H3,(H3,29,30,31,33)/t17-/m0/s1. The first-order valence-corrected chi connectivity index (χ1v) is 11.4. The highest BCUT2D eigenvalue weighted by Crippen LogP contribution is 2.31. The van der Waals surface area contributed by atoms with E-state index >= 15 is 0 Å². The predicted molar refractivity (Wildman–Crippen MR) is 140 cm³/mol. The molecule has 9 heteroatoms. The molecule has 0 radical (unpaired) electrons. The second kappa shape index (κ2) is 9.00. The number of nitrogens with one attached hydrogen (secondary N) is 1. The fourth-order valence-corrected chi connectivity index (χ4v) is 4.47. The number of nitriles is 1. The third-order valence-electron chi connectivity index (χ3n) is 6.11. The summed E-state index contributed by atoms with van der Waals surface area (Å²) in [4.78, 5) is 22.3. The van der Waals surface area contributed by atoms with Gasteiger partial charge in [-0.05, 0) is 48.6 Å². The highest BCUT2D eigenvalue weighted by molar-refractivity contribution is 5.97. The number of pyridine rings is 1. The lowest BCUT2D eigenvalue weighted by Gasteiger charge is -2.22. The van der Waals surface area contributed by atoms with Gasteiger partial charge < -0.3 is 11.1 Å². The molecule has 0 saturated carbocycles. The Kier molecular flexibility index (Phi) is 5.70. The minimum absolute atomic E-state index is 0.0953. The van der Waals surface area contributed by atoms with Crippen LogP contribution in [0.2, 0.25) is 0 Å². The van der Waals surface area contributed by atoms with Crippen LogP contribution < -0.4 is 16.6 Å². The molecule has 3 N–H and O–H groups in total. The topological polar surface area (TPSA) is 127 Å². The number of benzene rings is 2. The highest BCUT2D eigenvalue weighted by Gasteiger charge is 2.21. The summed E-state index contributed by atoms with van der Waals surface area (Å²) in [7, 11) is 1.85. The van der Waals surface area contributed by atoms with E-state index in [4.69, 9.17) is 5.73 Å².